The van der Waals surface area contributed by atoms with Crippen LogP contribution in [0.15, 0.2) is 12.1 Å². The van der Waals surface area contributed by atoms with Crippen LogP contribution in [0.1, 0.15) is 82.9 Å². The number of fused-ring (bicyclic) bond motifs is 3. The van der Waals surface area contributed by atoms with Gasteiger partial charge in [0, 0.05) is 0 Å². The lowest BCUT2D eigenvalue weighted by Crippen LogP contribution is -2.47. The van der Waals surface area contributed by atoms with E-state index in [1.807, 2.05) is 0 Å². The molecule has 2 aliphatic carbocycles. The lowest BCUT2D eigenvalue weighted by atomic mass is 9.50. The van der Waals surface area contributed by atoms with E-state index in [2.05, 4.69) is 46.8 Å². The van der Waals surface area contributed by atoms with Crippen molar-refractivity contribution >= 4 is 0 Å². The van der Waals surface area contributed by atoms with Gasteiger partial charge < -0.3 is 5.11 Å². The normalized spacial score (nSPS) is 30.9. The molecule has 2 atom stereocenters. The van der Waals surface area contributed by atoms with Crippen LogP contribution in [0.2, 0.25) is 0 Å². The summed E-state index contributed by atoms with van der Waals surface area (Å²) in [7, 11) is 0. The summed E-state index contributed by atoms with van der Waals surface area (Å²) < 4.78 is 0. The van der Waals surface area contributed by atoms with Gasteiger partial charge in [0.1, 0.15) is 5.75 Å². The summed E-state index contributed by atoms with van der Waals surface area (Å²) >= 11 is 0. The third-order valence-corrected chi connectivity index (χ3v) is 6.42. The Kier molecular flexibility index (Phi) is 3.39. The van der Waals surface area contributed by atoms with E-state index in [1.165, 1.54) is 43.2 Å². The Balaban J connectivity index is 2.12. The number of hydrogen-bond donors (Lipinski definition) is 1. The maximum Gasteiger partial charge on any atom is 0.119 e. The van der Waals surface area contributed by atoms with E-state index in [0.717, 1.165) is 11.5 Å². The first-order valence-electron chi connectivity index (χ1n) is 8.62. The molecule has 116 valence electrons. The summed E-state index contributed by atoms with van der Waals surface area (Å²) in [4.78, 5) is 0. The highest BCUT2D eigenvalue weighted by Gasteiger charge is 2.49. The summed E-state index contributed by atoms with van der Waals surface area (Å²) in [6.07, 6.45) is 6.41. The van der Waals surface area contributed by atoms with E-state index in [-0.39, 0.29) is 5.41 Å². The lowest BCUT2D eigenvalue weighted by Gasteiger charge is -2.54. The molecular weight excluding hydrogens is 256 g/mol. The molecule has 3 rings (SSSR count). The minimum atomic E-state index is 0.252. The molecule has 0 bridgehead atoms. The molecule has 0 aromatic heterocycles. The summed E-state index contributed by atoms with van der Waals surface area (Å²) in [6.45, 7) is 11.7. The van der Waals surface area contributed by atoms with Crippen molar-refractivity contribution in [1.29, 1.82) is 0 Å². The van der Waals surface area contributed by atoms with Crippen molar-refractivity contribution in [1.82, 2.24) is 0 Å². The molecule has 1 aromatic carbocycles. The molecule has 21 heavy (non-hydrogen) atoms. The van der Waals surface area contributed by atoms with Crippen LogP contribution in [0.5, 0.6) is 5.75 Å². The van der Waals surface area contributed by atoms with Crippen molar-refractivity contribution in [3.05, 3.63) is 28.8 Å². The number of aromatic hydroxyl groups is 1. The molecule has 0 amide bonds. The molecule has 0 heterocycles. The Morgan fingerprint density at radius 1 is 1.14 bits per heavy atom. The Hall–Kier alpha value is -0.980. The van der Waals surface area contributed by atoms with E-state index in [1.54, 1.807) is 0 Å². The summed E-state index contributed by atoms with van der Waals surface area (Å²) in [5.41, 5.74) is 4.73. The standard InChI is InChI=1S/C20H30O/c1-13(2)15-11-14-7-8-18-19(3,4)9-6-10-20(18,5)16(14)12-17(15)21/h11-13,18,21H,6-10H2,1-5H3. The average Bonchev–Trinajstić information content (AvgIpc) is 2.37. The SMILES string of the molecule is CC(C)c1cc2c(cc1O)C1(C)CCCC(C)(C)C1CC2. The van der Waals surface area contributed by atoms with Gasteiger partial charge in [0.05, 0.1) is 0 Å². The quantitative estimate of drug-likeness (QED) is 0.718. The zero-order chi connectivity index (χ0) is 15.4. The predicted molar refractivity (Wildman–Crippen MR) is 89.0 cm³/mol. The minimum Gasteiger partial charge on any atom is -0.508 e. The highest BCUT2D eigenvalue weighted by molar-refractivity contribution is 5.48. The van der Waals surface area contributed by atoms with Crippen molar-refractivity contribution in [2.24, 2.45) is 11.3 Å². The van der Waals surface area contributed by atoms with Crippen LogP contribution in [-0.2, 0) is 11.8 Å². The number of aryl methyl sites for hydroxylation is 1. The molecule has 2 unspecified atom stereocenters. The summed E-state index contributed by atoms with van der Waals surface area (Å²) in [5, 5.41) is 10.5. The molecule has 0 spiro atoms. The van der Waals surface area contributed by atoms with Gasteiger partial charge in [-0.2, -0.15) is 0 Å². The topological polar surface area (TPSA) is 20.2 Å². The minimum absolute atomic E-state index is 0.252. The lowest BCUT2D eigenvalue weighted by molar-refractivity contribution is 0.0405. The fourth-order valence-corrected chi connectivity index (χ4v) is 5.31. The molecule has 0 saturated heterocycles. The molecule has 1 aromatic rings. The van der Waals surface area contributed by atoms with Crippen LogP contribution >= 0.6 is 0 Å². The number of hydrogen-bond acceptors (Lipinski definition) is 1. The number of phenols is 1. The van der Waals surface area contributed by atoms with Gasteiger partial charge in [-0.05, 0) is 71.1 Å². The molecular formula is C20H30O. The van der Waals surface area contributed by atoms with Crippen LogP contribution in [0.3, 0.4) is 0 Å². The highest BCUT2D eigenvalue weighted by atomic mass is 16.3. The Bertz CT molecular complexity index is 555. The smallest absolute Gasteiger partial charge is 0.119 e. The average molecular weight is 286 g/mol. The van der Waals surface area contributed by atoms with Gasteiger partial charge in [0.25, 0.3) is 0 Å². The van der Waals surface area contributed by atoms with E-state index in [9.17, 15) is 5.11 Å². The fraction of sp³-hybridized carbons (Fsp3) is 0.700. The molecule has 1 fully saturated rings. The van der Waals surface area contributed by atoms with Gasteiger partial charge in [-0.25, -0.2) is 0 Å². The second-order valence-electron chi connectivity index (χ2n) is 8.57. The Morgan fingerprint density at radius 3 is 2.52 bits per heavy atom. The van der Waals surface area contributed by atoms with Gasteiger partial charge in [0.15, 0.2) is 0 Å². The number of rotatable bonds is 1. The van der Waals surface area contributed by atoms with Gasteiger partial charge in [-0.3, -0.25) is 0 Å². The zero-order valence-electron chi connectivity index (χ0n) is 14.3. The molecule has 1 saturated carbocycles. The Labute approximate surface area is 129 Å². The molecule has 2 aliphatic rings. The first kappa shape index (κ1) is 14.9. The van der Waals surface area contributed by atoms with E-state index in [0.29, 0.717) is 17.1 Å². The second kappa shape index (κ2) is 4.76. The Morgan fingerprint density at radius 2 is 1.86 bits per heavy atom. The van der Waals surface area contributed by atoms with Gasteiger partial charge >= 0.3 is 0 Å². The zero-order valence-corrected chi connectivity index (χ0v) is 14.3. The molecule has 0 radical (unpaired) electrons. The van der Waals surface area contributed by atoms with Crippen LogP contribution < -0.4 is 0 Å². The van der Waals surface area contributed by atoms with Crippen LogP contribution in [0.25, 0.3) is 0 Å². The molecule has 1 N–H and O–H groups in total. The maximum atomic E-state index is 10.5. The van der Waals surface area contributed by atoms with Gasteiger partial charge in [-0.1, -0.05) is 47.1 Å². The van der Waals surface area contributed by atoms with Crippen LogP contribution in [0, 0.1) is 11.3 Å². The third kappa shape index (κ3) is 2.20. The predicted octanol–water partition coefficient (Wildman–Crippen LogP) is 5.55. The maximum absolute atomic E-state index is 10.5. The first-order chi connectivity index (χ1) is 9.75. The van der Waals surface area contributed by atoms with Crippen LogP contribution in [0.4, 0.5) is 0 Å². The number of phenolic OH excluding ortho intramolecular Hbond substituents is 1. The summed E-state index contributed by atoms with van der Waals surface area (Å²) in [6, 6.07) is 4.40. The molecule has 1 heteroatoms. The van der Waals surface area contributed by atoms with E-state index in [4.69, 9.17) is 0 Å². The first-order valence-corrected chi connectivity index (χ1v) is 8.62. The molecule has 1 nitrogen and oxygen atoms in total. The number of benzene rings is 1. The van der Waals surface area contributed by atoms with Crippen molar-refractivity contribution in [2.75, 3.05) is 0 Å². The monoisotopic (exact) mass is 286 g/mol. The van der Waals surface area contributed by atoms with Gasteiger partial charge in [0.2, 0.25) is 0 Å². The fourth-order valence-electron chi connectivity index (χ4n) is 5.31. The van der Waals surface area contributed by atoms with Crippen molar-refractivity contribution in [2.45, 2.75) is 78.1 Å². The van der Waals surface area contributed by atoms with Crippen molar-refractivity contribution in [3.8, 4) is 5.75 Å². The van der Waals surface area contributed by atoms with Crippen molar-refractivity contribution in [3.63, 3.8) is 0 Å². The van der Waals surface area contributed by atoms with E-state index >= 15 is 0 Å². The van der Waals surface area contributed by atoms with Gasteiger partial charge in [-0.15, -0.1) is 0 Å². The summed E-state index contributed by atoms with van der Waals surface area (Å²) in [5.74, 6) is 1.65. The van der Waals surface area contributed by atoms with Crippen molar-refractivity contribution < 1.29 is 5.11 Å². The largest absolute Gasteiger partial charge is 0.508 e. The molecule has 0 aliphatic heterocycles. The third-order valence-electron chi connectivity index (χ3n) is 6.42. The highest BCUT2D eigenvalue weighted by Crippen LogP contribution is 2.57. The van der Waals surface area contributed by atoms with E-state index < -0.39 is 0 Å². The second-order valence-corrected chi connectivity index (χ2v) is 8.57. The van der Waals surface area contributed by atoms with Crippen LogP contribution in [-0.4, -0.2) is 5.11 Å².